The number of para-hydroxylation sites is 1. The normalized spacial score (nSPS) is 13.0. The smallest absolute Gasteiger partial charge is 0.307 e. The Morgan fingerprint density at radius 3 is 2.64 bits per heavy atom. The minimum Gasteiger partial charge on any atom is -0.492 e. The Morgan fingerprint density at radius 2 is 1.92 bits per heavy atom. The molecule has 1 atom stereocenters. The van der Waals surface area contributed by atoms with Gasteiger partial charge in [0.05, 0.1) is 21.2 Å². The second kappa shape index (κ2) is 6.99. The maximum absolute atomic E-state index is 12.5. The molecule has 25 heavy (non-hydrogen) atoms. The van der Waals surface area contributed by atoms with Gasteiger partial charge in [-0.25, -0.2) is 13.1 Å². The summed E-state index contributed by atoms with van der Waals surface area (Å²) in [6.45, 7) is 1.95. The van der Waals surface area contributed by atoms with E-state index in [1.165, 1.54) is 16.7 Å². The first-order chi connectivity index (χ1) is 11.9. The van der Waals surface area contributed by atoms with Gasteiger partial charge in [0.1, 0.15) is 12.4 Å². The van der Waals surface area contributed by atoms with Gasteiger partial charge in [-0.1, -0.05) is 29.5 Å². The molecule has 1 heterocycles. The van der Waals surface area contributed by atoms with Gasteiger partial charge in [0.25, 0.3) is 0 Å². The minimum absolute atomic E-state index is 0.123. The molecule has 0 aliphatic carbocycles. The topological polar surface area (TPSA) is 77.4 Å². The summed E-state index contributed by atoms with van der Waals surface area (Å²) < 4.78 is 35.4. The zero-order valence-electron chi connectivity index (χ0n) is 13.8. The van der Waals surface area contributed by atoms with E-state index in [-0.39, 0.29) is 16.4 Å². The maximum Gasteiger partial charge on any atom is 0.307 e. The first-order valence-electron chi connectivity index (χ1n) is 7.66. The Bertz CT molecular complexity index is 1040. The number of ether oxygens (including phenoxy) is 1. The summed E-state index contributed by atoms with van der Waals surface area (Å²) in [6, 6.07) is 13.5. The summed E-state index contributed by atoms with van der Waals surface area (Å²) in [5.74, 6) is 0.684. The van der Waals surface area contributed by atoms with Crippen molar-refractivity contribution in [3.63, 3.8) is 0 Å². The Hall–Kier alpha value is -2.16. The molecule has 0 amide bonds. The SMILES string of the molecule is C[C@@H](COc1ccccc1)NS(=O)(=O)c1ccc2c(c1)sc(=O)n2C. The number of aromatic nitrogens is 1. The number of nitrogens with one attached hydrogen (secondary N) is 1. The molecule has 1 N–H and O–H groups in total. The molecule has 6 nitrogen and oxygen atoms in total. The van der Waals surface area contributed by atoms with Crippen LogP contribution in [0.1, 0.15) is 6.92 Å². The summed E-state index contributed by atoms with van der Waals surface area (Å²) in [4.78, 5) is 11.7. The molecule has 2 aromatic carbocycles. The van der Waals surface area contributed by atoms with Gasteiger partial charge >= 0.3 is 4.87 Å². The zero-order chi connectivity index (χ0) is 18.0. The van der Waals surface area contributed by atoms with Gasteiger partial charge < -0.3 is 9.30 Å². The van der Waals surface area contributed by atoms with E-state index in [2.05, 4.69) is 4.72 Å². The van der Waals surface area contributed by atoms with Crippen LogP contribution in [0.2, 0.25) is 0 Å². The highest BCUT2D eigenvalue weighted by atomic mass is 32.2. The van der Waals surface area contributed by atoms with Crippen LogP contribution in [0.25, 0.3) is 10.2 Å². The molecule has 0 bridgehead atoms. The van der Waals surface area contributed by atoms with E-state index in [4.69, 9.17) is 4.74 Å². The third kappa shape index (κ3) is 3.92. The van der Waals surface area contributed by atoms with Crippen molar-refractivity contribution in [2.45, 2.75) is 17.9 Å². The molecule has 1 aromatic heterocycles. The Balaban J connectivity index is 1.73. The molecule has 0 saturated heterocycles. The fourth-order valence-corrected chi connectivity index (χ4v) is 4.63. The Kier molecular flexibility index (Phi) is 4.94. The molecule has 0 aliphatic heterocycles. The number of aryl methyl sites for hydroxylation is 1. The molecule has 0 spiro atoms. The average Bonchev–Trinajstić information content (AvgIpc) is 2.87. The summed E-state index contributed by atoms with van der Waals surface area (Å²) in [5.41, 5.74) is 0.717. The maximum atomic E-state index is 12.5. The second-order valence-corrected chi connectivity index (χ2v) is 8.41. The van der Waals surface area contributed by atoms with E-state index >= 15 is 0 Å². The highest BCUT2D eigenvalue weighted by Crippen LogP contribution is 2.21. The van der Waals surface area contributed by atoms with Crippen molar-refractivity contribution in [1.82, 2.24) is 9.29 Å². The van der Waals surface area contributed by atoms with Gasteiger partial charge in [0.2, 0.25) is 10.0 Å². The third-order valence-electron chi connectivity index (χ3n) is 3.67. The molecular formula is C17H18N2O4S2. The lowest BCUT2D eigenvalue weighted by Crippen LogP contribution is -2.36. The van der Waals surface area contributed by atoms with Gasteiger partial charge in [-0.3, -0.25) is 4.79 Å². The lowest BCUT2D eigenvalue weighted by Gasteiger charge is -2.15. The number of hydrogen-bond acceptors (Lipinski definition) is 5. The number of thiazole rings is 1. The van der Waals surface area contributed by atoms with Crippen molar-refractivity contribution in [2.24, 2.45) is 7.05 Å². The first kappa shape index (κ1) is 17.7. The van der Waals surface area contributed by atoms with Crippen molar-refractivity contribution >= 4 is 31.6 Å². The highest BCUT2D eigenvalue weighted by molar-refractivity contribution is 7.89. The number of fused-ring (bicyclic) bond motifs is 1. The zero-order valence-corrected chi connectivity index (χ0v) is 15.4. The van der Waals surface area contributed by atoms with Crippen molar-refractivity contribution in [3.05, 3.63) is 58.2 Å². The van der Waals surface area contributed by atoms with Gasteiger partial charge in [-0.2, -0.15) is 0 Å². The molecule has 0 fully saturated rings. The van der Waals surface area contributed by atoms with E-state index in [1.54, 1.807) is 20.0 Å². The number of hydrogen-bond donors (Lipinski definition) is 1. The molecule has 3 rings (SSSR count). The summed E-state index contributed by atoms with van der Waals surface area (Å²) in [6.07, 6.45) is 0. The summed E-state index contributed by atoms with van der Waals surface area (Å²) in [7, 11) is -2.03. The molecule has 0 unspecified atom stereocenters. The summed E-state index contributed by atoms with van der Waals surface area (Å²) in [5, 5.41) is 0. The van der Waals surface area contributed by atoms with E-state index in [0.29, 0.717) is 10.4 Å². The van der Waals surface area contributed by atoms with Gasteiger partial charge in [0.15, 0.2) is 0 Å². The molecular weight excluding hydrogens is 360 g/mol. The lowest BCUT2D eigenvalue weighted by molar-refractivity contribution is 0.287. The first-order valence-corrected chi connectivity index (χ1v) is 9.96. The van der Waals surface area contributed by atoms with Gasteiger partial charge in [0, 0.05) is 7.05 Å². The second-order valence-electron chi connectivity index (χ2n) is 5.70. The average molecular weight is 378 g/mol. The van der Waals surface area contributed by atoms with E-state index in [0.717, 1.165) is 16.9 Å². The minimum atomic E-state index is -3.69. The monoisotopic (exact) mass is 378 g/mol. The Labute approximate surface area is 149 Å². The van der Waals surface area contributed by atoms with Crippen LogP contribution in [-0.2, 0) is 17.1 Å². The fourth-order valence-electron chi connectivity index (χ4n) is 2.39. The van der Waals surface area contributed by atoms with Crippen LogP contribution in [0.15, 0.2) is 58.2 Å². The van der Waals surface area contributed by atoms with E-state index in [1.807, 2.05) is 30.3 Å². The van der Waals surface area contributed by atoms with Crippen LogP contribution in [0, 0.1) is 0 Å². The van der Waals surface area contributed by atoms with Crippen molar-refractivity contribution in [3.8, 4) is 5.75 Å². The standard InChI is InChI=1S/C17H18N2O4S2/c1-12(11-23-13-6-4-3-5-7-13)18-25(21,22)14-8-9-15-16(10-14)24-17(20)19(15)2/h3-10,12,18H,11H2,1-2H3/t12-/m0/s1. The molecule has 132 valence electrons. The number of benzene rings is 2. The molecule has 8 heteroatoms. The largest absolute Gasteiger partial charge is 0.492 e. The number of nitrogens with zero attached hydrogens (tertiary/aromatic N) is 1. The number of rotatable bonds is 6. The lowest BCUT2D eigenvalue weighted by atomic mass is 10.3. The van der Waals surface area contributed by atoms with Crippen LogP contribution in [0.3, 0.4) is 0 Å². The van der Waals surface area contributed by atoms with Crippen LogP contribution in [0.5, 0.6) is 5.75 Å². The van der Waals surface area contributed by atoms with Crippen LogP contribution in [-0.4, -0.2) is 25.6 Å². The highest BCUT2D eigenvalue weighted by Gasteiger charge is 2.19. The molecule has 0 aliphatic rings. The van der Waals surface area contributed by atoms with Crippen LogP contribution < -0.4 is 14.3 Å². The van der Waals surface area contributed by atoms with Crippen molar-refractivity contribution in [2.75, 3.05) is 6.61 Å². The predicted octanol–water partition coefficient (Wildman–Crippen LogP) is 2.35. The molecule has 0 saturated carbocycles. The van der Waals surface area contributed by atoms with Crippen molar-refractivity contribution < 1.29 is 13.2 Å². The third-order valence-corrected chi connectivity index (χ3v) is 6.26. The predicted molar refractivity (Wildman–Crippen MR) is 98.8 cm³/mol. The number of sulfonamides is 1. The quantitative estimate of drug-likeness (QED) is 0.714. The Morgan fingerprint density at radius 1 is 1.20 bits per heavy atom. The van der Waals surface area contributed by atoms with Gasteiger partial charge in [-0.15, -0.1) is 0 Å². The fraction of sp³-hybridized carbons (Fsp3) is 0.235. The van der Waals surface area contributed by atoms with E-state index < -0.39 is 16.1 Å². The van der Waals surface area contributed by atoms with Crippen LogP contribution >= 0.6 is 11.3 Å². The van der Waals surface area contributed by atoms with Crippen LogP contribution in [0.4, 0.5) is 0 Å². The molecule has 0 radical (unpaired) electrons. The van der Waals surface area contributed by atoms with E-state index in [9.17, 15) is 13.2 Å². The molecule has 3 aromatic rings. The van der Waals surface area contributed by atoms with Gasteiger partial charge in [-0.05, 0) is 37.3 Å². The summed E-state index contributed by atoms with van der Waals surface area (Å²) >= 11 is 1.03. The van der Waals surface area contributed by atoms with Crippen molar-refractivity contribution in [1.29, 1.82) is 0 Å².